The van der Waals surface area contributed by atoms with Crippen LogP contribution >= 0.6 is 24.0 Å². The molecular formula is C17H25FIN3O2. The lowest BCUT2D eigenvalue weighted by Crippen LogP contribution is -2.47. The van der Waals surface area contributed by atoms with Gasteiger partial charge in [-0.1, -0.05) is 18.2 Å². The number of hydrogen-bond acceptors (Lipinski definition) is 3. The molecule has 2 saturated heterocycles. The first kappa shape index (κ1) is 19.4. The summed E-state index contributed by atoms with van der Waals surface area (Å²) in [6.07, 6.45) is 2.88. The number of halogens is 2. The van der Waals surface area contributed by atoms with E-state index in [9.17, 15) is 9.50 Å². The fraction of sp³-hybridized carbons (Fsp3) is 0.588. The second kappa shape index (κ2) is 8.96. The normalized spacial score (nSPS) is 26.8. The van der Waals surface area contributed by atoms with Crippen LogP contribution in [0.3, 0.4) is 0 Å². The molecule has 4 atom stereocenters. The van der Waals surface area contributed by atoms with Gasteiger partial charge in [-0.2, -0.15) is 0 Å². The highest BCUT2D eigenvalue weighted by Gasteiger charge is 2.41. The number of aliphatic hydroxyl groups is 1. The summed E-state index contributed by atoms with van der Waals surface area (Å²) in [6.45, 7) is 2.82. The van der Waals surface area contributed by atoms with Crippen molar-refractivity contribution < 1.29 is 14.2 Å². The van der Waals surface area contributed by atoms with Gasteiger partial charge in [0.15, 0.2) is 5.96 Å². The molecule has 134 valence electrons. The maximum absolute atomic E-state index is 13.7. The van der Waals surface area contributed by atoms with Crippen molar-refractivity contribution in [3.05, 3.63) is 35.6 Å². The number of fused-ring (bicyclic) bond motifs is 2. The van der Waals surface area contributed by atoms with Crippen LogP contribution in [0.2, 0.25) is 0 Å². The number of aliphatic imine (C=N–C) groups is 1. The van der Waals surface area contributed by atoms with Crippen LogP contribution in [0.1, 0.15) is 37.9 Å². The molecule has 2 heterocycles. The first-order chi connectivity index (χ1) is 11.2. The summed E-state index contributed by atoms with van der Waals surface area (Å²) in [7, 11) is 0. The van der Waals surface area contributed by atoms with Gasteiger partial charge in [0, 0.05) is 12.1 Å². The Morgan fingerprint density at radius 1 is 1.42 bits per heavy atom. The van der Waals surface area contributed by atoms with Gasteiger partial charge in [-0.05, 0) is 32.3 Å². The maximum atomic E-state index is 13.7. The first-order valence-corrected chi connectivity index (χ1v) is 8.30. The molecule has 2 aliphatic heterocycles. The Balaban J connectivity index is 0.00000208. The van der Waals surface area contributed by atoms with E-state index in [1.165, 1.54) is 6.07 Å². The van der Waals surface area contributed by atoms with Gasteiger partial charge in [-0.3, -0.25) is 4.99 Å². The maximum Gasteiger partial charge on any atom is 0.191 e. The summed E-state index contributed by atoms with van der Waals surface area (Å²) in [5.41, 5.74) is 0.273. The summed E-state index contributed by atoms with van der Waals surface area (Å²) >= 11 is 0. The molecule has 3 rings (SSSR count). The molecule has 0 radical (unpaired) electrons. The largest absolute Gasteiger partial charge is 0.386 e. The monoisotopic (exact) mass is 449 g/mol. The van der Waals surface area contributed by atoms with Crippen molar-refractivity contribution in [2.75, 3.05) is 13.1 Å². The first-order valence-electron chi connectivity index (χ1n) is 8.30. The van der Waals surface area contributed by atoms with Crippen molar-refractivity contribution in [3.8, 4) is 0 Å². The van der Waals surface area contributed by atoms with Gasteiger partial charge in [0.05, 0.1) is 24.8 Å². The number of rotatable bonds is 5. The van der Waals surface area contributed by atoms with E-state index in [-0.39, 0.29) is 48.2 Å². The molecule has 4 unspecified atom stereocenters. The molecule has 2 aliphatic rings. The smallest absolute Gasteiger partial charge is 0.191 e. The summed E-state index contributed by atoms with van der Waals surface area (Å²) < 4.78 is 19.5. The van der Waals surface area contributed by atoms with Crippen LogP contribution in [0.15, 0.2) is 29.3 Å². The minimum absolute atomic E-state index is 0. The number of hydrogen-bond donors (Lipinski definition) is 3. The van der Waals surface area contributed by atoms with Crippen molar-refractivity contribution in [2.24, 2.45) is 4.99 Å². The van der Waals surface area contributed by atoms with Crippen LogP contribution in [-0.4, -0.2) is 42.4 Å². The van der Waals surface area contributed by atoms with Crippen LogP contribution in [-0.2, 0) is 4.74 Å². The Hall–Kier alpha value is -0.930. The van der Waals surface area contributed by atoms with Gasteiger partial charge in [-0.25, -0.2) is 4.39 Å². The predicted octanol–water partition coefficient (Wildman–Crippen LogP) is 2.35. The van der Waals surface area contributed by atoms with Crippen LogP contribution in [0, 0.1) is 5.82 Å². The molecule has 0 spiro atoms. The molecule has 0 amide bonds. The predicted molar refractivity (Wildman–Crippen MR) is 102 cm³/mol. The Morgan fingerprint density at radius 3 is 2.83 bits per heavy atom. The third kappa shape index (κ3) is 4.58. The quantitative estimate of drug-likeness (QED) is 0.367. The van der Waals surface area contributed by atoms with E-state index in [1.54, 1.807) is 18.2 Å². The average molecular weight is 449 g/mol. The van der Waals surface area contributed by atoms with E-state index < -0.39 is 11.9 Å². The summed E-state index contributed by atoms with van der Waals surface area (Å²) in [5, 5.41) is 16.7. The zero-order chi connectivity index (χ0) is 16.2. The number of aliphatic hydroxyl groups excluding tert-OH is 1. The molecule has 2 fully saturated rings. The van der Waals surface area contributed by atoms with Gasteiger partial charge < -0.3 is 20.5 Å². The third-order valence-corrected chi connectivity index (χ3v) is 4.46. The van der Waals surface area contributed by atoms with Crippen LogP contribution < -0.4 is 10.6 Å². The third-order valence-electron chi connectivity index (χ3n) is 4.46. The lowest BCUT2D eigenvalue weighted by atomic mass is 9.96. The summed E-state index contributed by atoms with van der Waals surface area (Å²) in [4.78, 5) is 4.40. The standard InChI is InChI=1S/C17H24FN3O2.HI/c1-2-19-17(21-14-9-11-7-8-16(14)23-11)20-10-15(22)12-5-3-4-6-13(12)18;/h3-6,11,14-16,22H,2,7-10H2,1H3,(H2,19,20,21);1H. The number of guanidine groups is 1. The van der Waals surface area contributed by atoms with E-state index in [4.69, 9.17) is 4.74 Å². The second-order valence-electron chi connectivity index (χ2n) is 6.12. The van der Waals surface area contributed by atoms with E-state index >= 15 is 0 Å². The fourth-order valence-corrected chi connectivity index (χ4v) is 3.31. The Kier molecular flexibility index (Phi) is 7.24. The van der Waals surface area contributed by atoms with E-state index in [0.29, 0.717) is 12.1 Å². The van der Waals surface area contributed by atoms with Gasteiger partial charge in [0.1, 0.15) is 11.9 Å². The van der Waals surface area contributed by atoms with Gasteiger partial charge in [-0.15, -0.1) is 24.0 Å². The Bertz CT molecular complexity index is 573. The van der Waals surface area contributed by atoms with Crippen molar-refractivity contribution in [2.45, 2.75) is 50.5 Å². The second-order valence-corrected chi connectivity index (χ2v) is 6.12. The molecule has 0 aromatic heterocycles. The molecule has 3 N–H and O–H groups in total. The molecule has 0 aliphatic carbocycles. The lowest BCUT2D eigenvalue weighted by Gasteiger charge is -2.23. The van der Waals surface area contributed by atoms with Crippen molar-refractivity contribution in [1.82, 2.24) is 10.6 Å². The summed E-state index contributed by atoms with van der Waals surface area (Å²) in [5.74, 6) is 0.235. The van der Waals surface area contributed by atoms with Crippen molar-refractivity contribution in [3.63, 3.8) is 0 Å². The average Bonchev–Trinajstić information content (AvgIpc) is 3.16. The molecule has 7 heteroatoms. The molecule has 1 aromatic carbocycles. The van der Waals surface area contributed by atoms with Crippen LogP contribution in [0.5, 0.6) is 0 Å². The highest BCUT2D eigenvalue weighted by Crippen LogP contribution is 2.34. The van der Waals surface area contributed by atoms with E-state index in [1.807, 2.05) is 6.92 Å². The van der Waals surface area contributed by atoms with E-state index in [2.05, 4.69) is 15.6 Å². The van der Waals surface area contributed by atoms with Crippen LogP contribution in [0.4, 0.5) is 4.39 Å². The zero-order valence-corrected chi connectivity index (χ0v) is 16.1. The minimum Gasteiger partial charge on any atom is -0.386 e. The van der Waals surface area contributed by atoms with Gasteiger partial charge in [0.25, 0.3) is 0 Å². The van der Waals surface area contributed by atoms with Gasteiger partial charge in [0.2, 0.25) is 0 Å². The topological polar surface area (TPSA) is 65.9 Å². The molecular weight excluding hydrogens is 424 g/mol. The number of benzene rings is 1. The minimum atomic E-state index is -0.956. The summed E-state index contributed by atoms with van der Waals surface area (Å²) in [6, 6.07) is 6.51. The highest BCUT2D eigenvalue weighted by molar-refractivity contribution is 14.0. The zero-order valence-electron chi connectivity index (χ0n) is 13.7. The SMILES string of the molecule is CCNC(=NCC(O)c1ccccc1F)NC1CC2CCC1O2.I. The molecule has 2 bridgehead atoms. The number of nitrogens with zero attached hydrogens (tertiary/aromatic N) is 1. The number of nitrogens with one attached hydrogen (secondary N) is 2. The Labute approximate surface area is 159 Å². The fourth-order valence-electron chi connectivity index (χ4n) is 3.31. The highest BCUT2D eigenvalue weighted by atomic mass is 127. The van der Waals surface area contributed by atoms with Crippen LogP contribution in [0.25, 0.3) is 0 Å². The van der Waals surface area contributed by atoms with Crippen molar-refractivity contribution in [1.29, 1.82) is 0 Å². The molecule has 1 aromatic rings. The van der Waals surface area contributed by atoms with Gasteiger partial charge >= 0.3 is 0 Å². The Morgan fingerprint density at radius 2 is 2.21 bits per heavy atom. The number of ether oxygens (including phenoxy) is 1. The van der Waals surface area contributed by atoms with Crippen molar-refractivity contribution >= 4 is 29.9 Å². The molecule has 24 heavy (non-hydrogen) atoms. The van der Waals surface area contributed by atoms with E-state index in [0.717, 1.165) is 25.8 Å². The molecule has 5 nitrogen and oxygen atoms in total. The molecule has 0 saturated carbocycles. The lowest BCUT2D eigenvalue weighted by molar-refractivity contribution is 0.0992.